The van der Waals surface area contributed by atoms with Crippen molar-refractivity contribution in [2.75, 3.05) is 13.7 Å². The SMILES string of the molecule is Cc1ccc(CN(C)C(=O)COC(=O)/C=C/c2cc(C)n(C3CC3)c2C)c(C)c1. The van der Waals surface area contributed by atoms with Gasteiger partial charge < -0.3 is 14.2 Å². The Morgan fingerprint density at radius 3 is 2.55 bits per heavy atom. The molecule has 5 nitrogen and oxygen atoms in total. The number of likely N-dealkylation sites (N-methyl/N-ethyl adjacent to an activating group) is 1. The van der Waals surface area contributed by atoms with Crippen LogP contribution in [0.25, 0.3) is 6.08 Å². The highest BCUT2D eigenvalue weighted by Gasteiger charge is 2.26. The van der Waals surface area contributed by atoms with Gasteiger partial charge in [0, 0.05) is 37.1 Å². The molecule has 29 heavy (non-hydrogen) atoms. The Morgan fingerprint density at radius 1 is 1.17 bits per heavy atom. The average molecular weight is 395 g/mol. The van der Waals surface area contributed by atoms with Gasteiger partial charge in [0.25, 0.3) is 5.91 Å². The maximum absolute atomic E-state index is 12.3. The van der Waals surface area contributed by atoms with Gasteiger partial charge in [-0.2, -0.15) is 0 Å². The van der Waals surface area contributed by atoms with Crippen LogP contribution in [0.2, 0.25) is 0 Å². The van der Waals surface area contributed by atoms with Crippen molar-refractivity contribution in [3.8, 4) is 0 Å². The standard InChI is InChI=1S/C24H30N2O3/c1-16-6-7-21(17(2)12-16)14-25(5)23(27)15-29-24(28)11-8-20-13-18(3)26(19(20)4)22-9-10-22/h6-8,11-13,22H,9-10,14-15H2,1-5H3/b11-8+. The van der Waals surface area contributed by atoms with Gasteiger partial charge in [-0.1, -0.05) is 23.8 Å². The van der Waals surface area contributed by atoms with Gasteiger partial charge in [0.2, 0.25) is 0 Å². The lowest BCUT2D eigenvalue weighted by molar-refractivity contribution is -0.147. The number of aromatic nitrogens is 1. The summed E-state index contributed by atoms with van der Waals surface area (Å²) in [7, 11) is 1.72. The minimum absolute atomic E-state index is 0.223. The largest absolute Gasteiger partial charge is 0.452 e. The molecule has 0 radical (unpaired) electrons. The average Bonchev–Trinajstić information content (AvgIpc) is 3.45. The molecule has 154 valence electrons. The number of nitrogens with zero attached hydrogens (tertiary/aromatic N) is 2. The Labute approximate surface area is 173 Å². The third-order valence-electron chi connectivity index (χ3n) is 5.50. The second kappa shape index (κ2) is 8.68. The van der Waals surface area contributed by atoms with E-state index in [2.05, 4.69) is 30.5 Å². The highest BCUT2D eigenvalue weighted by Crippen LogP contribution is 2.38. The van der Waals surface area contributed by atoms with Crippen LogP contribution in [0.3, 0.4) is 0 Å². The lowest BCUT2D eigenvalue weighted by Crippen LogP contribution is -2.30. The van der Waals surface area contributed by atoms with E-state index in [0.29, 0.717) is 12.6 Å². The molecule has 1 amide bonds. The first kappa shape index (κ1) is 20.9. The fourth-order valence-electron chi connectivity index (χ4n) is 3.68. The molecule has 0 aliphatic heterocycles. The number of aryl methyl sites for hydroxylation is 3. The molecule has 1 aliphatic carbocycles. The topological polar surface area (TPSA) is 51.5 Å². The zero-order valence-electron chi connectivity index (χ0n) is 18.0. The van der Waals surface area contributed by atoms with E-state index in [1.807, 2.05) is 26.0 Å². The van der Waals surface area contributed by atoms with Gasteiger partial charge >= 0.3 is 5.97 Å². The minimum Gasteiger partial charge on any atom is -0.452 e. The van der Waals surface area contributed by atoms with Crippen molar-refractivity contribution in [3.05, 3.63) is 64.0 Å². The Balaban J connectivity index is 1.51. The Morgan fingerprint density at radius 2 is 1.90 bits per heavy atom. The van der Waals surface area contributed by atoms with E-state index in [0.717, 1.165) is 16.7 Å². The van der Waals surface area contributed by atoms with Gasteiger partial charge in [-0.3, -0.25) is 4.79 Å². The molecule has 3 rings (SSSR count). The summed E-state index contributed by atoms with van der Waals surface area (Å²) in [5.41, 5.74) is 6.82. The van der Waals surface area contributed by atoms with E-state index in [4.69, 9.17) is 4.74 Å². The van der Waals surface area contributed by atoms with Crippen LogP contribution < -0.4 is 0 Å². The van der Waals surface area contributed by atoms with Crippen LogP contribution in [-0.4, -0.2) is 35.0 Å². The molecule has 0 spiro atoms. The van der Waals surface area contributed by atoms with Gasteiger partial charge in [0.15, 0.2) is 6.61 Å². The van der Waals surface area contributed by atoms with Crippen molar-refractivity contribution in [3.63, 3.8) is 0 Å². The number of amides is 1. The maximum atomic E-state index is 12.3. The van der Waals surface area contributed by atoms with Gasteiger partial charge in [-0.25, -0.2) is 4.79 Å². The lowest BCUT2D eigenvalue weighted by atomic mass is 10.1. The monoisotopic (exact) mass is 394 g/mol. The summed E-state index contributed by atoms with van der Waals surface area (Å²) in [5, 5.41) is 0. The quantitative estimate of drug-likeness (QED) is 0.520. The fourth-order valence-corrected chi connectivity index (χ4v) is 3.68. The van der Waals surface area contributed by atoms with Crippen molar-refractivity contribution < 1.29 is 14.3 Å². The summed E-state index contributed by atoms with van der Waals surface area (Å²) in [6.45, 7) is 8.47. The number of carbonyl (C=O) groups is 2. The predicted molar refractivity (Wildman–Crippen MR) is 115 cm³/mol. The van der Waals surface area contributed by atoms with Crippen molar-refractivity contribution in [2.45, 2.75) is 53.1 Å². The molecule has 0 N–H and O–H groups in total. The number of benzene rings is 1. The normalized spacial score (nSPS) is 13.7. The van der Waals surface area contributed by atoms with E-state index in [1.165, 1.54) is 35.9 Å². The number of carbonyl (C=O) groups excluding carboxylic acids is 2. The van der Waals surface area contributed by atoms with Gasteiger partial charge in [-0.15, -0.1) is 0 Å². The molecule has 0 unspecified atom stereocenters. The second-order valence-corrected chi connectivity index (χ2v) is 8.05. The van der Waals surface area contributed by atoms with Crippen LogP contribution in [0, 0.1) is 27.7 Å². The van der Waals surface area contributed by atoms with Crippen LogP contribution in [0.4, 0.5) is 0 Å². The Kier molecular flexibility index (Phi) is 6.26. The molecule has 0 atom stereocenters. The summed E-state index contributed by atoms with van der Waals surface area (Å²) in [6.07, 6.45) is 5.61. The van der Waals surface area contributed by atoms with Gasteiger partial charge in [0.05, 0.1) is 0 Å². The number of rotatable bonds is 7. The third kappa shape index (κ3) is 5.17. The summed E-state index contributed by atoms with van der Waals surface area (Å²) in [4.78, 5) is 25.9. The second-order valence-electron chi connectivity index (χ2n) is 8.05. The van der Waals surface area contributed by atoms with E-state index in [1.54, 1.807) is 18.0 Å². The number of esters is 1. The first-order valence-corrected chi connectivity index (χ1v) is 10.1. The molecule has 1 saturated carbocycles. The first-order valence-electron chi connectivity index (χ1n) is 10.1. The van der Waals surface area contributed by atoms with Crippen molar-refractivity contribution >= 4 is 18.0 Å². The van der Waals surface area contributed by atoms with Gasteiger partial charge in [-0.05, 0) is 69.4 Å². The molecule has 5 heteroatoms. The summed E-state index contributed by atoms with van der Waals surface area (Å²) in [6, 6.07) is 8.85. The van der Waals surface area contributed by atoms with Crippen LogP contribution in [0.1, 0.15) is 52.5 Å². The molecular formula is C24H30N2O3. The third-order valence-corrected chi connectivity index (χ3v) is 5.50. The smallest absolute Gasteiger partial charge is 0.331 e. The molecular weight excluding hydrogens is 364 g/mol. The summed E-state index contributed by atoms with van der Waals surface area (Å²) >= 11 is 0. The van der Waals surface area contributed by atoms with Crippen LogP contribution >= 0.6 is 0 Å². The molecule has 1 heterocycles. The van der Waals surface area contributed by atoms with Crippen LogP contribution in [-0.2, 0) is 20.9 Å². The molecule has 0 saturated heterocycles. The minimum atomic E-state index is -0.505. The zero-order chi connectivity index (χ0) is 21.1. The number of hydrogen-bond donors (Lipinski definition) is 0. The molecule has 1 aliphatic rings. The predicted octanol–water partition coefficient (Wildman–Crippen LogP) is 4.27. The van der Waals surface area contributed by atoms with Crippen molar-refractivity contribution in [1.29, 1.82) is 0 Å². The highest BCUT2D eigenvalue weighted by atomic mass is 16.5. The summed E-state index contributed by atoms with van der Waals surface area (Å²) in [5.74, 6) is -0.729. The lowest BCUT2D eigenvalue weighted by Gasteiger charge is -2.18. The molecule has 0 bridgehead atoms. The molecule has 2 aromatic rings. The number of hydrogen-bond acceptors (Lipinski definition) is 3. The van der Waals surface area contributed by atoms with E-state index in [-0.39, 0.29) is 12.5 Å². The number of ether oxygens (including phenoxy) is 1. The highest BCUT2D eigenvalue weighted by molar-refractivity contribution is 5.89. The van der Waals surface area contributed by atoms with E-state index < -0.39 is 5.97 Å². The van der Waals surface area contributed by atoms with Crippen LogP contribution in [0.5, 0.6) is 0 Å². The van der Waals surface area contributed by atoms with E-state index in [9.17, 15) is 9.59 Å². The van der Waals surface area contributed by atoms with Crippen molar-refractivity contribution in [1.82, 2.24) is 9.47 Å². The van der Waals surface area contributed by atoms with E-state index >= 15 is 0 Å². The summed E-state index contributed by atoms with van der Waals surface area (Å²) < 4.78 is 7.48. The molecule has 1 aromatic carbocycles. The molecule has 1 fully saturated rings. The van der Waals surface area contributed by atoms with Gasteiger partial charge in [0.1, 0.15) is 0 Å². The fraction of sp³-hybridized carbons (Fsp3) is 0.417. The first-order chi connectivity index (χ1) is 13.8. The molecule has 1 aromatic heterocycles. The Bertz CT molecular complexity index is 951. The zero-order valence-corrected chi connectivity index (χ0v) is 18.0. The van der Waals surface area contributed by atoms with Crippen molar-refractivity contribution in [2.24, 2.45) is 0 Å². The maximum Gasteiger partial charge on any atom is 0.331 e. The Hall–Kier alpha value is -2.82. The van der Waals surface area contributed by atoms with Crippen LogP contribution in [0.15, 0.2) is 30.3 Å².